The number of hydrogen-bond acceptors (Lipinski definition) is 4. The van der Waals surface area contributed by atoms with Gasteiger partial charge in [-0.2, -0.15) is 0 Å². The maximum atomic E-state index is 4.97. The molecule has 0 radical (unpaired) electrons. The van der Waals surface area contributed by atoms with Gasteiger partial charge >= 0.3 is 0 Å². The van der Waals surface area contributed by atoms with Gasteiger partial charge in [-0.1, -0.05) is 5.16 Å². The molecule has 0 amide bonds. The SMILES string of the molecule is CCn1ccnc1CNCc1ccno1. The largest absolute Gasteiger partial charge is 0.360 e. The molecule has 0 atom stereocenters. The Kier molecular flexibility index (Phi) is 3.14. The van der Waals surface area contributed by atoms with E-state index in [0.717, 1.165) is 24.7 Å². The standard InChI is InChI=1S/C10H14N4O/c1-2-14-6-5-12-10(14)8-11-7-9-3-4-13-15-9/h3-6,11H,2,7-8H2,1H3. The van der Waals surface area contributed by atoms with Crippen LogP contribution in [-0.2, 0) is 19.6 Å². The Labute approximate surface area is 88.1 Å². The summed E-state index contributed by atoms with van der Waals surface area (Å²) in [6, 6.07) is 1.85. The Morgan fingerprint density at radius 3 is 3.07 bits per heavy atom. The maximum Gasteiger partial charge on any atom is 0.150 e. The Bertz CT molecular complexity index is 393. The van der Waals surface area contributed by atoms with Crippen LogP contribution in [0.5, 0.6) is 0 Å². The molecule has 0 aromatic carbocycles. The average Bonchev–Trinajstić information content (AvgIpc) is 2.88. The lowest BCUT2D eigenvalue weighted by molar-refractivity contribution is 0.371. The van der Waals surface area contributed by atoms with Crippen LogP contribution in [0, 0.1) is 0 Å². The molecule has 0 saturated carbocycles. The average molecular weight is 206 g/mol. The molecule has 0 unspecified atom stereocenters. The van der Waals surface area contributed by atoms with Gasteiger partial charge in [-0.15, -0.1) is 0 Å². The second-order valence-corrected chi connectivity index (χ2v) is 3.21. The highest BCUT2D eigenvalue weighted by Crippen LogP contribution is 1.99. The molecule has 0 aliphatic heterocycles. The van der Waals surface area contributed by atoms with E-state index in [1.807, 2.05) is 18.5 Å². The van der Waals surface area contributed by atoms with Crippen molar-refractivity contribution >= 4 is 0 Å². The lowest BCUT2D eigenvalue weighted by Crippen LogP contribution is -2.16. The van der Waals surface area contributed by atoms with Crippen molar-refractivity contribution in [2.24, 2.45) is 0 Å². The van der Waals surface area contributed by atoms with Crippen molar-refractivity contribution in [3.8, 4) is 0 Å². The number of hydrogen-bond donors (Lipinski definition) is 1. The third-order valence-electron chi connectivity index (χ3n) is 2.22. The first-order chi connectivity index (χ1) is 7.40. The lowest BCUT2D eigenvalue weighted by Gasteiger charge is -2.04. The highest BCUT2D eigenvalue weighted by molar-refractivity contribution is 4.94. The van der Waals surface area contributed by atoms with Crippen molar-refractivity contribution in [1.29, 1.82) is 0 Å². The van der Waals surface area contributed by atoms with E-state index in [-0.39, 0.29) is 0 Å². The van der Waals surface area contributed by atoms with Crippen LogP contribution in [0.3, 0.4) is 0 Å². The topological polar surface area (TPSA) is 55.9 Å². The first-order valence-corrected chi connectivity index (χ1v) is 5.00. The lowest BCUT2D eigenvalue weighted by atomic mass is 10.4. The molecule has 2 heterocycles. The van der Waals surface area contributed by atoms with E-state index in [1.54, 1.807) is 6.20 Å². The van der Waals surface area contributed by atoms with Crippen LogP contribution in [0.25, 0.3) is 0 Å². The van der Waals surface area contributed by atoms with E-state index in [9.17, 15) is 0 Å². The molecule has 0 bridgehead atoms. The van der Waals surface area contributed by atoms with Gasteiger partial charge in [0.1, 0.15) is 11.6 Å². The van der Waals surface area contributed by atoms with E-state index < -0.39 is 0 Å². The van der Waals surface area contributed by atoms with Crippen LogP contribution in [0.1, 0.15) is 18.5 Å². The molecular formula is C10H14N4O. The van der Waals surface area contributed by atoms with Gasteiger partial charge < -0.3 is 14.4 Å². The van der Waals surface area contributed by atoms with Crippen molar-refractivity contribution in [3.63, 3.8) is 0 Å². The predicted molar refractivity (Wildman–Crippen MR) is 54.9 cm³/mol. The summed E-state index contributed by atoms with van der Waals surface area (Å²) in [4.78, 5) is 4.26. The fraction of sp³-hybridized carbons (Fsp3) is 0.400. The summed E-state index contributed by atoms with van der Waals surface area (Å²) >= 11 is 0. The van der Waals surface area contributed by atoms with Crippen LogP contribution >= 0.6 is 0 Å². The minimum absolute atomic E-state index is 0.677. The third-order valence-corrected chi connectivity index (χ3v) is 2.22. The minimum atomic E-state index is 0.677. The summed E-state index contributed by atoms with van der Waals surface area (Å²) in [5.74, 6) is 1.88. The second kappa shape index (κ2) is 4.75. The van der Waals surface area contributed by atoms with Gasteiger partial charge in [0.05, 0.1) is 19.3 Å². The fourth-order valence-corrected chi connectivity index (χ4v) is 1.43. The molecule has 0 aliphatic rings. The van der Waals surface area contributed by atoms with E-state index in [4.69, 9.17) is 4.52 Å². The van der Waals surface area contributed by atoms with Crippen molar-refractivity contribution < 1.29 is 4.52 Å². The van der Waals surface area contributed by atoms with Gasteiger partial charge in [0.2, 0.25) is 0 Å². The molecule has 0 fully saturated rings. The summed E-state index contributed by atoms with van der Waals surface area (Å²) in [7, 11) is 0. The van der Waals surface area contributed by atoms with Gasteiger partial charge in [-0.05, 0) is 6.92 Å². The molecule has 2 rings (SSSR count). The highest BCUT2D eigenvalue weighted by atomic mass is 16.5. The normalized spacial score (nSPS) is 10.7. The molecule has 5 heteroatoms. The zero-order chi connectivity index (χ0) is 10.5. The highest BCUT2D eigenvalue weighted by Gasteiger charge is 2.01. The third kappa shape index (κ3) is 2.44. The van der Waals surface area contributed by atoms with Crippen LogP contribution in [0.2, 0.25) is 0 Å². The van der Waals surface area contributed by atoms with Crippen LogP contribution in [-0.4, -0.2) is 14.7 Å². The molecular weight excluding hydrogens is 192 g/mol. The first kappa shape index (κ1) is 9.92. The van der Waals surface area contributed by atoms with Gasteiger partial charge in [0.15, 0.2) is 0 Å². The van der Waals surface area contributed by atoms with Crippen LogP contribution in [0.4, 0.5) is 0 Å². The predicted octanol–water partition coefficient (Wildman–Crippen LogP) is 1.18. The molecule has 2 aromatic heterocycles. The number of nitrogens with zero attached hydrogens (tertiary/aromatic N) is 3. The zero-order valence-corrected chi connectivity index (χ0v) is 8.68. The Hall–Kier alpha value is -1.62. The first-order valence-electron chi connectivity index (χ1n) is 5.00. The Morgan fingerprint density at radius 1 is 1.40 bits per heavy atom. The van der Waals surface area contributed by atoms with Crippen LogP contribution < -0.4 is 5.32 Å². The van der Waals surface area contributed by atoms with E-state index in [2.05, 4.69) is 26.9 Å². The van der Waals surface area contributed by atoms with E-state index in [1.165, 1.54) is 0 Å². The minimum Gasteiger partial charge on any atom is -0.360 e. The summed E-state index contributed by atoms with van der Waals surface area (Å²) in [6.45, 7) is 4.46. The number of aryl methyl sites for hydroxylation is 1. The summed E-state index contributed by atoms with van der Waals surface area (Å²) in [6.07, 6.45) is 5.43. The number of nitrogens with one attached hydrogen (secondary N) is 1. The van der Waals surface area contributed by atoms with Crippen molar-refractivity contribution in [2.45, 2.75) is 26.6 Å². The molecule has 80 valence electrons. The molecule has 15 heavy (non-hydrogen) atoms. The Morgan fingerprint density at radius 2 is 2.33 bits per heavy atom. The molecule has 0 aliphatic carbocycles. The van der Waals surface area contributed by atoms with Gasteiger partial charge in [0.25, 0.3) is 0 Å². The summed E-state index contributed by atoms with van der Waals surface area (Å²) in [5.41, 5.74) is 0. The quantitative estimate of drug-likeness (QED) is 0.798. The smallest absolute Gasteiger partial charge is 0.150 e. The summed E-state index contributed by atoms with van der Waals surface area (Å²) < 4.78 is 7.07. The van der Waals surface area contributed by atoms with Crippen molar-refractivity contribution in [3.05, 3.63) is 36.2 Å². The van der Waals surface area contributed by atoms with E-state index in [0.29, 0.717) is 6.54 Å². The molecule has 5 nitrogen and oxygen atoms in total. The van der Waals surface area contributed by atoms with Crippen LogP contribution in [0.15, 0.2) is 29.2 Å². The van der Waals surface area contributed by atoms with Crippen molar-refractivity contribution in [2.75, 3.05) is 0 Å². The fourth-order valence-electron chi connectivity index (χ4n) is 1.43. The number of imidazole rings is 1. The number of rotatable bonds is 5. The van der Waals surface area contributed by atoms with Crippen molar-refractivity contribution in [1.82, 2.24) is 20.0 Å². The van der Waals surface area contributed by atoms with Gasteiger partial charge in [-0.3, -0.25) is 0 Å². The Balaban J connectivity index is 1.83. The monoisotopic (exact) mass is 206 g/mol. The molecule has 0 spiro atoms. The summed E-state index contributed by atoms with van der Waals surface area (Å²) in [5, 5.41) is 6.88. The van der Waals surface area contributed by atoms with Gasteiger partial charge in [0, 0.05) is 25.0 Å². The molecule has 0 saturated heterocycles. The second-order valence-electron chi connectivity index (χ2n) is 3.21. The molecule has 2 aromatic rings. The zero-order valence-electron chi connectivity index (χ0n) is 8.68. The van der Waals surface area contributed by atoms with Gasteiger partial charge in [-0.25, -0.2) is 4.98 Å². The van der Waals surface area contributed by atoms with E-state index >= 15 is 0 Å². The maximum absolute atomic E-state index is 4.97. The molecule has 1 N–H and O–H groups in total. The number of aromatic nitrogens is 3.